The van der Waals surface area contributed by atoms with Gasteiger partial charge in [-0.25, -0.2) is 9.97 Å². The highest BCUT2D eigenvalue weighted by atomic mass is 16.5. The standard InChI is InChI=1S/C12H15N3O/c1-15-11(9-4-3-7-16-8-9)14-10-5-2-6-13-12(10)15/h2,5-6,9H,3-4,7-8H2,1H3. The molecule has 2 aromatic heterocycles. The van der Waals surface area contributed by atoms with Crippen LogP contribution in [-0.2, 0) is 11.8 Å². The summed E-state index contributed by atoms with van der Waals surface area (Å²) in [5.41, 5.74) is 1.94. The number of hydrogen-bond acceptors (Lipinski definition) is 3. The number of hydrogen-bond donors (Lipinski definition) is 0. The monoisotopic (exact) mass is 217 g/mol. The fraction of sp³-hybridized carbons (Fsp3) is 0.500. The molecular formula is C12H15N3O. The lowest BCUT2D eigenvalue weighted by molar-refractivity contribution is 0.0774. The van der Waals surface area contributed by atoms with Gasteiger partial charge < -0.3 is 9.30 Å². The average molecular weight is 217 g/mol. The van der Waals surface area contributed by atoms with Crippen LogP contribution >= 0.6 is 0 Å². The number of aromatic nitrogens is 3. The van der Waals surface area contributed by atoms with E-state index in [4.69, 9.17) is 4.74 Å². The molecule has 3 rings (SSSR count). The minimum absolute atomic E-state index is 0.424. The predicted octanol–water partition coefficient (Wildman–Crippen LogP) is 1.86. The molecule has 0 bridgehead atoms. The maximum atomic E-state index is 5.51. The van der Waals surface area contributed by atoms with E-state index in [0.717, 1.165) is 43.0 Å². The molecule has 16 heavy (non-hydrogen) atoms. The van der Waals surface area contributed by atoms with Crippen molar-refractivity contribution in [2.75, 3.05) is 13.2 Å². The SMILES string of the molecule is Cn1c(C2CCCOC2)nc2cccnc21. The zero-order chi connectivity index (χ0) is 11.0. The van der Waals surface area contributed by atoms with E-state index < -0.39 is 0 Å². The van der Waals surface area contributed by atoms with Crippen LogP contribution in [0.1, 0.15) is 24.6 Å². The predicted molar refractivity (Wildman–Crippen MR) is 61.3 cm³/mol. The van der Waals surface area contributed by atoms with Crippen LogP contribution in [0.2, 0.25) is 0 Å². The minimum Gasteiger partial charge on any atom is -0.381 e. The van der Waals surface area contributed by atoms with Crippen molar-refractivity contribution >= 4 is 11.2 Å². The van der Waals surface area contributed by atoms with E-state index in [9.17, 15) is 0 Å². The van der Waals surface area contributed by atoms with Crippen molar-refractivity contribution in [2.24, 2.45) is 7.05 Å². The Morgan fingerprint density at radius 3 is 3.19 bits per heavy atom. The van der Waals surface area contributed by atoms with Gasteiger partial charge in [0.1, 0.15) is 11.3 Å². The summed E-state index contributed by atoms with van der Waals surface area (Å²) in [5, 5.41) is 0. The molecule has 4 heteroatoms. The number of rotatable bonds is 1. The molecule has 1 aliphatic heterocycles. The van der Waals surface area contributed by atoms with E-state index in [1.54, 1.807) is 0 Å². The van der Waals surface area contributed by atoms with E-state index in [1.165, 1.54) is 0 Å². The van der Waals surface area contributed by atoms with Crippen LogP contribution < -0.4 is 0 Å². The first kappa shape index (κ1) is 9.78. The maximum Gasteiger partial charge on any atom is 0.159 e. The molecular weight excluding hydrogens is 202 g/mol. The van der Waals surface area contributed by atoms with Crippen molar-refractivity contribution in [1.29, 1.82) is 0 Å². The Bertz CT molecular complexity index is 500. The van der Waals surface area contributed by atoms with Gasteiger partial charge in [-0.1, -0.05) is 0 Å². The van der Waals surface area contributed by atoms with Gasteiger partial charge in [0.2, 0.25) is 0 Å². The van der Waals surface area contributed by atoms with Gasteiger partial charge in [0.05, 0.1) is 6.61 Å². The third-order valence-electron chi connectivity index (χ3n) is 3.19. The van der Waals surface area contributed by atoms with E-state index in [1.807, 2.05) is 25.4 Å². The Labute approximate surface area is 94.3 Å². The molecule has 0 aliphatic carbocycles. The third-order valence-corrected chi connectivity index (χ3v) is 3.19. The van der Waals surface area contributed by atoms with Gasteiger partial charge in [0.25, 0.3) is 0 Å². The van der Waals surface area contributed by atoms with Gasteiger partial charge in [-0.05, 0) is 25.0 Å². The van der Waals surface area contributed by atoms with Crippen LogP contribution in [0, 0.1) is 0 Å². The molecule has 1 unspecified atom stereocenters. The minimum atomic E-state index is 0.424. The number of imidazole rings is 1. The molecule has 1 fully saturated rings. The topological polar surface area (TPSA) is 39.9 Å². The molecule has 0 radical (unpaired) electrons. The van der Waals surface area contributed by atoms with Gasteiger partial charge in [-0.2, -0.15) is 0 Å². The fourth-order valence-corrected chi connectivity index (χ4v) is 2.35. The molecule has 2 aromatic rings. The molecule has 0 aromatic carbocycles. The first-order valence-electron chi connectivity index (χ1n) is 5.71. The summed E-state index contributed by atoms with van der Waals surface area (Å²) in [6.45, 7) is 1.68. The van der Waals surface area contributed by atoms with Crippen molar-refractivity contribution in [2.45, 2.75) is 18.8 Å². The van der Waals surface area contributed by atoms with E-state index in [-0.39, 0.29) is 0 Å². The zero-order valence-corrected chi connectivity index (χ0v) is 9.39. The molecule has 1 atom stereocenters. The summed E-state index contributed by atoms with van der Waals surface area (Å²) in [6, 6.07) is 3.94. The highest BCUT2D eigenvalue weighted by Gasteiger charge is 2.21. The second kappa shape index (κ2) is 3.87. The van der Waals surface area contributed by atoms with Gasteiger partial charge in [0, 0.05) is 25.8 Å². The summed E-state index contributed by atoms with van der Waals surface area (Å²) in [5.74, 6) is 1.53. The molecule has 0 N–H and O–H groups in total. The van der Waals surface area contributed by atoms with Gasteiger partial charge in [-0.15, -0.1) is 0 Å². The van der Waals surface area contributed by atoms with Crippen molar-refractivity contribution in [3.8, 4) is 0 Å². The van der Waals surface area contributed by atoms with Crippen molar-refractivity contribution in [3.05, 3.63) is 24.2 Å². The van der Waals surface area contributed by atoms with Crippen molar-refractivity contribution in [3.63, 3.8) is 0 Å². The fourth-order valence-electron chi connectivity index (χ4n) is 2.35. The Kier molecular flexibility index (Phi) is 2.36. The lowest BCUT2D eigenvalue weighted by Gasteiger charge is -2.21. The Morgan fingerprint density at radius 1 is 1.50 bits per heavy atom. The van der Waals surface area contributed by atoms with E-state index in [0.29, 0.717) is 5.92 Å². The second-order valence-electron chi connectivity index (χ2n) is 4.29. The number of ether oxygens (including phenoxy) is 1. The van der Waals surface area contributed by atoms with Crippen LogP contribution in [0.15, 0.2) is 18.3 Å². The number of pyridine rings is 1. The smallest absolute Gasteiger partial charge is 0.159 e. The summed E-state index contributed by atoms with van der Waals surface area (Å²) in [7, 11) is 2.03. The van der Waals surface area contributed by atoms with Gasteiger partial charge in [0.15, 0.2) is 5.65 Å². The summed E-state index contributed by atoms with van der Waals surface area (Å²) in [6.07, 6.45) is 4.10. The maximum absolute atomic E-state index is 5.51. The summed E-state index contributed by atoms with van der Waals surface area (Å²) >= 11 is 0. The number of fused-ring (bicyclic) bond motifs is 1. The number of aryl methyl sites for hydroxylation is 1. The Morgan fingerprint density at radius 2 is 2.44 bits per heavy atom. The molecule has 0 spiro atoms. The highest BCUT2D eigenvalue weighted by Crippen LogP contribution is 2.26. The van der Waals surface area contributed by atoms with E-state index >= 15 is 0 Å². The normalized spacial score (nSPS) is 21.4. The first-order valence-corrected chi connectivity index (χ1v) is 5.71. The van der Waals surface area contributed by atoms with E-state index in [2.05, 4.69) is 14.5 Å². The van der Waals surface area contributed by atoms with Crippen LogP contribution in [0.5, 0.6) is 0 Å². The summed E-state index contributed by atoms with van der Waals surface area (Å²) < 4.78 is 7.61. The molecule has 1 aliphatic rings. The van der Waals surface area contributed by atoms with Crippen molar-refractivity contribution < 1.29 is 4.74 Å². The number of nitrogens with zero attached hydrogens (tertiary/aromatic N) is 3. The van der Waals surface area contributed by atoms with Crippen molar-refractivity contribution in [1.82, 2.24) is 14.5 Å². The van der Waals surface area contributed by atoms with Crippen LogP contribution in [0.3, 0.4) is 0 Å². The Hall–Kier alpha value is -1.42. The quantitative estimate of drug-likeness (QED) is 0.732. The molecule has 1 saturated heterocycles. The lowest BCUT2D eigenvalue weighted by atomic mass is 10.0. The second-order valence-corrected chi connectivity index (χ2v) is 4.29. The van der Waals surface area contributed by atoms with Gasteiger partial charge in [-0.3, -0.25) is 0 Å². The Balaban J connectivity index is 2.05. The van der Waals surface area contributed by atoms with Crippen LogP contribution in [0.4, 0.5) is 0 Å². The zero-order valence-electron chi connectivity index (χ0n) is 9.39. The van der Waals surface area contributed by atoms with Gasteiger partial charge >= 0.3 is 0 Å². The molecule has 0 amide bonds. The van der Waals surface area contributed by atoms with Crippen LogP contribution in [-0.4, -0.2) is 27.7 Å². The van der Waals surface area contributed by atoms with Crippen LogP contribution in [0.25, 0.3) is 11.2 Å². The lowest BCUT2D eigenvalue weighted by Crippen LogP contribution is -2.18. The average Bonchev–Trinajstić information content (AvgIpc) is 2.69. The molecule has 3 heterocycles. The molecule has 4 nitrogen and oxygen atoms in total. The highest BCUT2D eigenvalue weighted by molar-refractivity contribution is 5.71. The summed E-state index contributed by atoms with van der Waals surface area (Å²) in [4.78, 5) is 9.01. The largest absolute Gasteiger partial charge is 0.381 e. The first-order chi connectivity index (χ1) is 7.86. The molecule has 84 valence electrons. The molecule has 0 saturated carbocycles. The third kappa shape index (κ3) is 1.50.